The first-order valence-corrected chi connectivity index (χ1v) is 7.66. The summed E-state index contributed by atoms with van der Waals surface area (Å²) in [6.07, 6.45) is 3.81. The van der Waals surface area contributed by atoms with Crippen LogP contribution in [0.4, 0.5) is 0 Å². The van der Waals surface area contributed by atoms with Crippen LogP contribution in [-0.4, -0.2) is 38.7 Å². The van der Waals surface area contributed by atoms with Crippen molar-refractivity contribution < 1.29 is 4.79 Å². The van der Waals surface area contributed by atoms with Gasteiger partial charge in [-0.2, -0.15) is 0 Å². The zero-order valence-corrected chi connectivity index (χ0v) is 12.6. The Hall–Kier alpha value is -1.69. The molecule has 0 unspecified atom stereocenters. The minimum atomic E-state index is 0.148. The lowest BCUT2D eigenvalue weighted by atomic mass is 9.97. The van der Waals surface area contributed by atoms with Crippen molar-refractivity contribution in [2.24, 2.45) is 7.05 Å². The molecule has 2 aromatic rings. The van der Waals surface area contributed by atoms with Crippen LogP contribution in [0, 0.1) is 6.92 Å². The quantitative estimate of drug-likeness (QED) is 0.852. The molecule has 0 bridgehead atoms. The molecular formula is C14H18N4OS. The molecule has 1 aliphatic rings. The average Bonchev–Trinajstić information content (AvgIpc) is 3.07. The van der Waals surface area contributed by atoms with Crippen LogP contribution < -0.4 is 0 Å². The van der Waals surface area contributed by atoms with Crippen LogP contribution in [0.5, 0.6) is 0 Å². The van der Waals surface area contributed by atoms with Gasteiger partial charge in [-0.15, -0.1) is 21.5 Å². The Morgan fingerprint density at radius 3 is 2.95 bits per heavy atom. The van der Waals surface area contributed by atoms with E-state index in [4.69, 9.17) is 0 Å². The van der Waals surface area contributed by atoms with E-state index in [-0.39, 0.29) is 5.91 Å². The number of aryl methyl sites for hydroxylation is 2. The van der Waals surface area contributed by atoms with E-state index in [1.165, 1.54) is 4.88 Å². The van der Waals surface area contributed by atoms with E-state index in [1.54, 1.807) is 17.7 Å². The first kappa shape index (κ1) is 13.3. The van der Waals surface area contributed by atoms with Crippen molar-refractivity contribution in [2.75, 3.05) is 13.1 Å². The lowest BCUT2D eigenvalue weighted by Gasteiger charge is -2.31. The van der Waals surface area contributed by atoms with Crippen molar-refractivity contribution in [3.05, 3.63) is 34.0 Å². The molecule has 0 aliphatic carbocycles. The monoisotopic (exact) mass is 290 g/mol. The third-order valence-corrected chi connectivity index (χ3v) is 4.76. The molecule has 20 heavy (non-hydrogen) atoms. The maximum atomic E-state index is 12.5. The standard InChI is InChI=1S/C14H18N4OS/c1-10-5-6-12(20-10)14(19)18-7-3-4-11(8-18)13-16-15-9-17(13)2/h5-6,9,11H,3-4,7-8H2,1-2H3/t11-/m1/s1. The Kier molecular flexibility index (Phi) is 3.56. The number of rotatable bonds is 2. The highest BCUT2D eigenvalue weighted by Gasteiger charge is 2.28. The molecule has 1 fully saturated rings. The van der Waals surface area contributed by atoms with E-state index in [9.17, 15) is 4.79 Å². The summed E-state index contributed by atoms with van der Waals surface area (Å²) in [4.78, 5) is 16.5. The lowest BCUT2D eigenvalue weighted by molar-refractivity contribution is 0.0708. The Bertz CT molecular complexity index is 618. The van der Waals surface area contributed by atoms with Crippen molar-refractivity contribution in [2.45, 2.75) is 25.7 Å². The predicted molar refractivity (Wildman–Crippen MR) is 77.9 cm³/mol. The van der Waals surface area contributed by atoms with Gasteiger partial charge in [-0.25, -0.2) is 0 Å². The van der Waals surface area contributed by atoms with Gasteiger partial charge in [0.2, 0.25) is 0 Å². The number of nitrogens with zero attached hydrogens (tertiary/aromatic N) is 4. The molecule has 0 N–H and O–H groups in total. The average molecular weight is 290 g/mol. The summed E-state index contributed by atoms with van der Waals surface area (Å²) in [5, 5.41) is 8.13. The number of piperidine rings is 1. The smallest absolute Gasteiger partial charge is 0.263 e. The van der Waals surface area contributed by atoms with Gasteiger partial charge in [-0.05, 0) is 31.9 Å². The molecule has 106 valence electrons. The van der Waals surface area contributed by atoms with Gasteiger partial charge in [0.05, 0.1) is 4.88 Å². The number of hydrogen-bond donors (Lipinski definition) is 0. The van der Waals surface area contributed by atoms with Gasteiger partial charge in [0.1, 0.15) is 12.2 Å². The maximum Gasteiger partial charge on any atom is 0.263 e. The third kappa shape index (κ3) is 2.47. The van der Waals surface area contributed by atoms with Crippen LogP contribution in [0.3, 0.4) is 0 Å². The Balaban J connectivity index is 1.75. The van der Waals surface area contributed by atoms with Gasteiger partial charge in [-0.1, -0.05) is 0 Å². The second-order valence-electron chi connectivity index (χ2n) is 5.30. The first-order valence-electron chi connectivity index (χ1n) is 6.85. The summed E-state index contributed by atoms with van der Waals surface area (Å²) in [6, 6.07) is 3.93. The molecule has 1 atom stereocenters. The van der Waals surface area contributed by atoms with Gasteiger partial charge in [-0.3, -0.25) is 4.79 Å². The predicted octanol–water partition coefficient (Wildman–Crippen LogP) is 2.20. The summed E-state index contributed by atoms with van der Waals surface area (Å²) >= 11 is 1.57. The normalized spacial score (nSPS) is 19.3. The number of hydrogen-bond acceptors (Lipinski definition) is 4. The van der Waals surface area contributed by atoms with E-state index in [0.29, 0.717) is 5.92 Å². The lowest BCUT2D eigenvalue weighted by Crippen LogP contribution is -2.39. The highest BCUT2D eigenvalue weighted by molar-refractivity contribution is 7.13. The zero-order valence-electron chi connectivity index (χ0n) is 11.7. The summed E-state index contributed by atoms with van der Waals surface area (Å²) in [5.74, 6) is 1.42. The fourth-order valence-corrected chi connectivity index (χ4v) is 3.57. The topological polar surface area (TPSA) is 51.0 Å². The molecule has 0 spiro atoms. The summed E-state index contributed by atoms with van der Waals surface area (Å²) < 4.78 is 1.95. The van der Waals surface area contributed by atoms with Crippen molar-refractivity contribution in [1.82, 2.24) is 19.7 Å². The molecule has 2 aromatic heterocycles. The van der Waals surface area contributed by atoms with E-state index in [2.05, 4.69) is 10.2 Å². The molecule has 3 rings (SSSR count). The molecule has 1 amide bonds. The molecule has 0 aromatic carbocycles. The molecule has 0 saturated carbocycles. The van der Waals surface area contributed by atoms with Crippen molar-refractivity contribution in [3.8, 4) is 0 Å². The molecular weight excluding hydrogens is 272 g/mol. The van der Waals surface area contributed by atoms with Gasteiger partial charge in [0.25, 0.3) is 5.91 Å². The van der Waals surface area contributed by atoms with Gasteiger partial charge in [0, 0.05) is 30.9 Å². The maximum absolute atomic E-state index is 12.5. The zero-order chi connectivity index (χ0) is 14.1. The van der Waals surface area contributed by atoms with Crippen LogP contribution in [0.25, 0.3) is 0 Å². The van der Waals surface area contributed by atoms with Gasteiger partial charge in [0.15, 0.2) is 0 Å². The van der Waals surface area contributed by atoms with Gasteiger partial charge < -0.3 is 9.47 Å². The summed E-state index contributed by atoms with van der Waals surface area (Å²) in [6.45, 7) is 3.60. The molecule has 5 nitrogen and oxygen atoms in total. The minimum absolute atomic E-state index is 0.148. The minimum Gasteiger partial charge on any atom is -0.337 e. The highest BCUT2D eigenvalue weighted by atomic mass is 32.1. The van der Waals surface area contributed by atoms with E-state index < -0.39 is 0 Å². The summed E-state index contributed by atoms with van der Waals surface area (Å²) in [7, 11) is 1.96. The van der Waals surface area contributed by atoms with Crippen molar-refractivity contribution >= 4 is 17.2 Å². The SMILES string of the molecule is Cc1ccc(C(=O)N2CCC[C@@H](c3nncn3C)C2)s1. The number of likely N-dealkylation sites (tertiary alicyclic amines) is 1. The van der Waals surface area contributed by atoms with Crippen LogP contribution in [0.1, 0.15) is 39.1 Å². The highest BCUT2D eigenvalue weighted by Crippen LogP contribution is 2.27. The van der Waals surface area contributed by atoms with Crippen LogP contribution in [0.2, 0.25) is 0 Å². The summed E-state index contributed by atoms with van der Waals surface area (Å²) in [5.41, 5.74) is 0. The second kappa shape index (κ2) is 5.36. The number of aromatic nitrogens is 3. The number of amides is 1. The van der Waals surface area contributed by atoms with E-state index >= 15 is 0 Å². The molecule has 1 aliphatic heterocycles. The molecule has 1 saturated heterocycles. The van der Waals surface area contributed by atoms with E-state index in [1.807, 2.05) is 35.6 Å². The largest absolute Gasteiger partial charge is 0.337 e. The van der Waals surface area contributed by atoms with Crippen molar-refractivity contribution in [1.29, 1.82) is 0 Å². The first-order chi connectivity index (χ1) is 9.65. The third-order valence-electron chi connectivity index (χ3n) is 3.77. The number of carbonyl (C=O) groups is 1. The molecule has 6 heteroatoms. The van der Waals surface area contributed by atoms with Gasteiger partial charge >= 0.3 is 0 Å². The number of carbonyl (C=O) groups excluding carboxylic acids is 1. The fourth-order valence-electron chi connectivity index (χ4n) is 2.74. The van der Waals surface area contributed by atoms with Crippen LogP contribution >= 0.6 is 11.3 Å². The fraction of sp³-hybridized carbons (Fsp3) is 0.500. The second-order valence-corrected chi connectivity index (χ2v) is 6.59. The van der Waals surface area contributed by atoms with Crippen molar-refractivity contribution in [3.63, 3.8) is 0 Å². The Labute approximate surface area is 122 Å². The van der Waals surface area contributed by atoms with Crippen LogP contribution in [-0.2, 0) is 7.05 Å². The van der Waals surface area contributed by atoms with E-state index in [0.717, 1.165) is 36.6 Å². The Morgan fingerprint density at radius 1 is 1.45 bits per heavy atom. The molecule has 3 heterocycles. The molecule has 0 radical (unpaired) electrons. The van der Waals surface area contributed by atoms with Crippen LogP contribution in [0.15, 0.2) is 18.5 Å². The number of thiophene rings is 1. The Morgan fingerprint density at radius 2 is 2.30 bits per heavy atom.